The molecule has 122 valence electrons. The zero-order valence-electron chi connectivity index (χ0n) is 12.9. The first-order valence-corrected chi connectivity index (χ1v) is 8.73. The fraction of sp³-hybridized carbons (Fsp3) is 0.667. The Morgan fingerprint density at radius 2 is 2.05 bits per heavy atom. The van der Waals surface area contributed by atoms with E-state index in [0.717, 1.165) is 12.8 Å². The van der Waals surface area contributed by atoms with Gasteiger partial charge < -0.3 is 10.1 Å². The van der Waals surface area contributed by atoms with Gasteiger partial charge in [-0.3, -0.25) is 10.1 Å². The molecule has 1 fully saturated rings. The first-order chi connectivity index (χ1) is 10.7. The van der Waals surface area contributed by atoms with Crippen LogP contribution in [0.2, 0.25) is 0 Å². The monoisotopic (exact) mass is 325 g/mol. The summed E-state index contributed by atoms with van der Waals surface area (Å²) in [7, 11) is 0. The lowest BCUT2D eigenvalue weighted by Crippen LogP contribution is -2.35. The number of thiazole rings is 1. The van der Waals surface area contributed by atoms with Crippen molar-refractivity contribution in [3.63, 3.8) is 0 Å². The highest BCUT2D eigenvalue weighted by atomic mass is 32.1. The number of anilines is 1. The van der Waals surface area contributed by atoms with Gasteiger partial charge in [0.05, 0.1) is 18.7 Å². The summed E-state index contributed by atoms with van der Waals surface area (Å²) in [6.45, 7) is 2.05. The predicted octanol–water partition coefficient (Wildman–Crippen LogP) is 3.09. The average molecular weight is 325 g/mol. The van der Waals surface area contributed by atoms with Crippen LogP contribution in [0.4, 0.5) is 9.93 Å². The highest BCUT2D eigenvalue weighted by Crippen LogP contribution is 2.18. The van der Waals surface area contributed by atoms with Gasteiger partial charge in [0, 0.05) is 11.4 Å². The van der Waals surface area contributed by atoms with Crippen molar-refractivity contribution in [2.24, 2.45) is 0 Å². The maximum absolute atomic E-state index is 12.1. The Hall–Kier alpha value is -1.63. The topological polar surface area (TPSA) is 80.3 Å². The zero-order valence-corrected chi connectivity index (χ0v) is 13.7. The van der Waals surface area contributed by atoms with E-state index in [1.807, 2.05) is 0 Å². The number of nitrogens with one attached hydrogen (secondary N) is 2. The number of rotatable bonds is 5. The molecule has 0 unspecified atom stereocenters. The van der Waals surface area contributed by atoms with Crippen LogP contribution in [0, 0.1) is 0 Å². The SMILES string of the molecule is CCOC(=O)Nc1nc(CC(=O)NC2CCCCCC2)cs1. The molecule has 0 bridgehead atoms. The minimum atomic E-state index is -0.522. The molecule has 1 saturated carbocycles. The summed E-state index contributed by atoms with van der Waals surface area (Å²) < 4.78 is 4.79. The molecule has 2 N–H and O–H groups in total. The van der Waals surface area contributed by atoms with Crippen LogP contribution in [-0.2, 0) is 16.0 Å². The number of ether oxygens (including phenoxy) is 1. The van der Waals surface area contributed by atoms with Gasteiger partial charge in [-0.1, -0.05) is 25.7 Å². The van der Waals surface area contributed by atoms with Crippen LogP contribution in [0.1, 0.15) is 51.1 Å². The van der Waals surface area contributed by atoms with Gasteiger partial charge in [0.1, 0.15) is 0 Å². The molecule has 1 heterocycles. The molecule has 7 heteroatoms. The molecule has 1 aromatic rings. The molecule has 1 aliphatic carbocycles. The van der Waals surface area contributed by atoms with Crippen LogP contribution >= 0.6 is 11.3 Å². The molecule has 1 aliphatic rings. The van der Waals surface area contributed by atoms with Crippen molar-refractivity contribution in [2.45, 2.75) is 57.9 Å². The predicted molar refractivity (Wildman–Crippen MR) is 86.1 cm³/mol. The lowest BCUT2D eigenvalue weighted by atomic mass is 10.1. The Balaban J connectivity index is 1.78. The Bertz CT molecular complexity index is 496. The van der Waals surface area contributed by atoms with Crippen molar-refractivity contribution in [3.8, 4) is 0 Å². The fourth-order valence-electron chi connectivity index (χ4n) is 2.57. The van der Waals surface area contributed by atoms with Crippen molar-refractivity contribution in [3.05, 3.63) is 11.1 Å². The first-order valence-electron chi connectivity index (χ1n) is 7.85. The minimum Gasteiger partial charge on any atom is -0.450 e. The summed E-state index contributed by atoms with van der Waals surface area (Å²) in [6, 6.07) is 0.297. The summed E-state index contributed by atoms with van der Waals surface area (Å²) in [5.74, 6) is -0.000107. The van der Waals surface area contributed by atoms with Crippen molar-refractivity contribution in [1.82, 2.24) is 10.3 Å². The van der Waals surface area contributed by atoms with Crippen molar-refractivity contribution < 1.29 is 14.3 Å². The number of hydrogen-bond donors (Lipinski definition) is 2. The Labute approximate surface area is 134 Å². The second-order valence-corrected chi connectivity index (χ2v) is 6.28. The number of carbonyl (C=O) groups excluding carboxylic acids is 2. The molecule has 0 aromatic carbocycles. The maximum atomic E-state index is 12.1. The lowest BCUT2D eigenvalue weighted by Gasteiger charge is -2.15. The molecule has 2 rings (SSSR count). The van der Waals surface area contributed by atoms with E-state index < -0.39 is 6.09 Å². The molecule has 0 aliphatic heterocycles. The Morgan fingerprint density at radius 3 is 2.73 bits per heavy atom. The van der Waals surface area contributed by atoms with Crippen molar-refractivity contribution >= 4 is 28.5 Å². The van der Waals surface area contributed by atoms with E-state index in [4.69, 9.17) is 4.74 Å². The molecule has 0 saturated heterocycles. The average Bonchev–Trinajstić information content (AvgIpc) is 2.73. The minimum absolute atomic E-state index is 0.000107. The van der Waals surface area contributed by atoms with Gasteiger partial charge in [0.25, 0.3) is 0 Å². The molecule has 2 amide bonds. The van der Waals surface area contributed by atoms with Crippen LogP contribution < -0.4 is 10.6 Å². The second-order valence-electron chi connectivity index (χ2n) is 5.42. The molecule has 6 nitrogen and oxygen atoms in total. The molecule has 0 radical (unpaired) electrons. The highest BCUT2D eigenvalue weighted by molar-refractivity contribution is 7.13. The molecule has 0 atom stereocenters. The van der Waals surface area contributed by atoms with Gasteiger partial charge >= 0.3 is 6.09 Å². The van der Waals surface area contributed by atoms with Gasteiger partial charge in [0.15, 0.2) is 5.13 Å². The van der Waals surface area contributed by atoms with Gasteiger partial charge in [-0.2, -0.15) is 0 Å². The summed E-state index contributed by atoms with van der Waals surface area (Å²) in [5, 5.41) is 7.87. The van der Waals surface area contributed by atoms with E-state index in [9.17, 15) is 9.59 Å². The third-order valence-corrected chi connectivity index (χ3v) is 4.40. The van der Waals surface area contributed by atoms with E-state index in [0.29, 0.717) is 23.5 Å². The summed E-state index contributed by atoms with van der Waals surface area (Å²) in [6.07, 6.45) is 6.77. The van der Waals surface area contributed by atoms with E-state index in [2.05, 4.69) is 15.6 Å². The van der Waals surface area contributed by atoms with Gasteiger partial charge in [-0.15, -0.1) is 11.3 Å². The standard InChI is InChI=1S/C15H23N3O3S/c1-2-21-15(20)18-14-17-12(10-22-14)9-13(19)16-11-7-5-3-4-6-8-11/h10-11H,2-9H2,1H3,(H,16,19)(H,17,18,20). The number of amides is 2. The smallest absolute Gasteiger partial charge is 0.413 e. The number of nitrogens with zero attached hydrogens (tertiary/aromatic N) is 1. The quantitative estimate of drug-likeness (QED) is 0.815. The van der Waals surface area contributed by atoms with E-state index in [1.165, 1.54) is 37.0 Å². The summed E-state index contributed by atoms with van der Waals surface area (Å²) in [4.78, 5) is 27.6. The van der Waals surface area contributed by atoms with E-state index >= 15 is 0 Å². The summed E-state index contributed by atoms with van der Waals surface area (Å²) in [5.41, 5.74) is 0.669. The second kappa shape index (κ2) is 8.73. The number of carbonyl (C=O) groups is 2. The molecular formula is C15H23N3O3S. The summed E-state index contributed by atoms with van der Waals surface area (Å²) >= 11 is 1.29. The first kappa shape index (κ1) is 16.7. The van der Waals surface area contributed by atoms with Crippen LogP contribution in [0.3, 0.4) is 0 Å². The van der Waals surface area contributed by atoms with Crippen LogP contribution in [-0.4, -0.2) is 29.6 Å². The molecule has 0 spiro atoms. The largest absolute Gasteiger partial charge is 0.450 e. The maximum Gasteiger partial charge on any atom is 0.413 e. The fourth-order valence-corrected chi connectivity index (χ4v) is 3.26. The van der Waals surface area contributed by atoms with Crippen molar-refractivity contribution in [2.75, 3.05) is 11.9 Å². The van der Waals surface area contributed by atoms with Crippen molar-refractivity contribution in [1.29, 1.82) is 0 Å². The third-order valence-electron chi connectivity index (χ3n) is 3.60. The van der Waals surface area contributed by atoms with Crippen LogP contribution in [0.15, 0.2) is 5.38 Å². The lowest BCUT2D eigenvalue weighted by molar-refractivity contribution is -0.121. The highest BCUT2D eigenvalue weighted by Gasteiger charge is 2.16. The van der Waals surface area contributed by atoms with Crippen LogP contribution in [0.5, 0.6) is 0 Å². The van der Waals surface area contributed by atoms with Gasteiger partial charge in [-0.25, -0.2) is 9.78 Å². The van der Waals surface area contributed by atoms with E-state index in [-0.39, 0.29) is 12.3 Å². The Morgan fingerprint density at radius 1 is 1.32 bits per heavy atom. The van der Waals surface area contributed by atoms with Gasteiger partial charge in [0.2, 0.25) is 5.91 Å². The van der Waals surface area contributed by atoms with Gasteiger partial charge in [-0.05, 0) is 19.8 Å². The third kappa shape index (κ3) is 5.63. The molecule has 1 aromatic heterocycles. The molecular weight excluding hydrogens is 302 g/mol. The normalized spacial score (nSPS) is 15.9. The van der Waals surface area contributed by atoms with E-state index in [1.54, 1.807) is 12.3 Å². The number of aromatic nitrogens is 1. The number of hydrogen-bond acceptors (Lipinski definition) is 5. The van der Waals surface area contributed by atoms with Crippen LogP contribution in [0.25, 0.3) is 0 Å². The zero-order chi connectivity index (χ0) is 15.8. The Kier molecular flexibility index (Phi) is 6.64. The molecule has 22 heavy (non-hydrogen) atoms.